The maximum Gasteiger partial charge on any atom is 0.338 e. The second kappa shape index (κ2) is 8.03. The monoisotopic (exact) mass is 420 g/mol. The van der Waals surface area contributed by atoms with Crippen LogP contribution in [0.1, 0.15) is 52.0 Å². The molecule has 0 aliphatic heterocycles. The van der Waals surface area contributed by atoms with Crippen molar-refractivity contribution in [3.8, 4) is 5.75 Å². The highest BCUT2D eigenvalue weighted by Gasteiger charge is 2.62. The lowest BCUT2D eigenvalue weighted by Crippen LogP contribution is -2.45. The van der Waals surface area contributed by atoms with Gasteiger partial charge in [0.05, 0.1) is 18.2 Å². The molecule has 6 unspecified atom stereocenters. The first-order valence-electron chi connectivity index (χ1n) is 11.2. The largest absolute Gasteiger partial charge is 0.497 e. The van der Waals surface area contributed by atoms with E-state index in [0.29, 0.717) is 28.7 Å². The van der Waals surface area contributed by atoms with Crippen molar-refractivity contribution in [3.05, 3.63) is 65.2 Å². The van der Waals surface area contributed by atoms with Crippen LogP contribution in [0.4, 0.5) is 0 Å². The number of hydrogen-bond acceptors (Lipinski definition) is 5. The molecule has 0 heterocycles. The van der Waals surface area contributed by atoms with Gasteiger partial charge in [-0.2, -0.15) is 0 Å². The van der Waals surface area contributed by atoms with Crippen LogP contribution in [0.2, 0.25) is 0 Å². The first kappa shape index (κ1) is 20.1. The molecule has 6 atom stereocenters. The molecule has 31 heavy (non-hydrogen) atoms. The van der Waals surface area contributed by atoms with Gasteiger partial charge in [-0.1, -0.05) is 24.1 Å². The number of carbonyl (C=O) groups is 2. The van der Waals surface area contributed by atoms with Gasteiger partial charge in [0.1, 0.15) is 18.0 Å². The van der Waals surface area contributed by atoms with Crippen LogP contribution in [0.5, 0.6) is 5.75 Å². The van der Waals surface area contributed by atoms with Gasteiger partial charge < -0.3 is 14.2 Å². The molecule has 5 rings (SSSR count). The molecule has 5 heteroatoms. The molecule has 2 bridgehead atoms. The topological polar surface area (TPSA) is 61.8 Å². The van der Waals surface area contributed by atoms with E-state index < -0.39 is 0 Å². The fourth-order valence-corrected chi connectivity index (χ4v) is 6.10. The summed E-state index contributed by atoms with van der Waals surface area (Å²) in [5.74, 6) is 1.69. The lowest BCUT2D eigenvalue weighted by molar-refractivity contribution is -0.0766. The fraction of sp³-hybridized carbons (Fsp3) is 0.462. The van der Waals surface area contributed by atoms with E-state index in [2.05, 4.69) is 0 Å². The third kappa shape index (κ3) is 3.60. The van der Waals surface area contributed by atoms with Gasteiger partial charge in [0.25, 0.3) is 0 Å². The molecule has 3 aliphatic carbocycles. The summed E-state index contributed by atoms with van der Waals surface area (Å²) in [6.45, 7) is 1.99. The molecular weight excluding hydrogens is 392 g/mol. The molecule has 5 nitrogen and oxygen atoms in total. The summed E-state index contributed by atoms with van der Waals surface area (Å²) in [5, 5.41) is 0. The molecule has 162 valence electrons. The van der Waals surface area contributed by atoms with Crippen molar-refractivity contribution in [1.29, 1.82) is 0 Å². The van der Waals surface area contributed by atoms with Gasteiger partial charge in [0, 0.05) is 11.8 Å². The van der Waals surface area contributed by atoms with Crippen LogP contribution < -0.4 is 4.74 Å². The Bertz CT molecular complexity index is 964. The van der Waals surface area contributed by atoms with Gasteiger partial charge in [0.2, 0.25) is 0 Å². The number of benzene rings is 2. The number of carbonyl (C=O) groups excluding carboxylic acids is 2. The Hall–Kier alpha value is -2.82. The van der Waals surface area contributed by atoms with Crippen molar-refractivity contribution in [2.24, 2.45) is 23.7 Å². The number of aryl methyl sites for hydroxylation is 1. The molecule has 3 aliphatic rings. The van der Waals surface area contributed by atoms with E-state index in [4.69, 9.17) is 14.2 Å². The highest BCUT2D eigenvalue weighted by molar-refractivity contribution is 5.90. The van der Waals surface area contributed by atoms with E-state index in [0.717, 1.165) is 12.0 Å². The quantitative estimate of drug-likeness (QED) is 0.649. The maximum absolute atomic E-state index is 12.9. The normalized spacial score (nSPS) is 30.6. The second-order valence-corrected chi connectivity index (χ2v) is 9.16. The highest BCUT2D eigenvalue weighted by atomic mass is 16.6. The zero-order valence-electron chi connectivity index (χ0n) is 18.0. The average Bonchev–Trinajstić information content (AvgIpc) is 3.48. The Morgan fingerprint density at radius 3 is 1.71 bits per heavy atom. The van der Waals surface area contributed by atoms with Gasteiger partial charge in [0.15, 0.2) is 0 Å². The number of methoxy groups -OCH3 is 1. The van der Waals surface area contributed by atoms with Crippen molar-refractivity contribution < 1.29 is 23.8 Å². The summed E-state index contributed by atoms with van der Waals surface area (Å²) in [6.07, 6.45) is 3.79. The third-order valence-electron chi connectivity index (χ3n) is 7.54. The minimum Gasteiger partial charge on any atom is -0.497 e. The zero-order valence-corrected chi connectivity index (χ0v) is 18.0. The Balaban J connectivity index is 1.36. The first-order valence-corrected chi connectivity index (χ1v) is 11.2. The molecule has 2 aromatic rings. The van der Waals surface area contributed by atoms with Crippen molar-refractivity contribution >= 4 is 11.9 Å². The molecule has 0 saturated heterocycles. The van der Waals surface area contributed by atoms with Crippen LogP contribution >= 0.6 is 0 Å². The Labute approximate surface area is 182 Å². The number of fused-ring (bicyclic) bond motifs is 5. The first-order chi connectivity index (χ1) is 15.0. The van der Waals surface area contributed by atoms with E-state index in [1.807, 2.05) is 19.1 Å². The van der Waals surface area contributed by atoms with E-state index in [1.54, 1.807) is 43.5 Å². The molecule has 0 aromatic heterocycles. The molecule has 0 spiro atoms. The molecule has 0 N–H and O–H groups in total. The van der Waals surface area contributed by atoms with Crippen LogP contribution in [0, 0.1) is 30.6 Å². The molecule has 3 fully saturated rings. The lowest BCUT2D eigenvalue weighted by atomic mass is 9.78. The molecule has 0 amide bonds. The second-order valence-electron chi connectivity index (χ2n) is 9.16. The van der Waals surface area contributed by atoms with E-state index in [-0.39, 0.29) is 36.0 Å². The lowest BCUT2D eigenvalue weighted by Gasteiger charge is -2.37. The SMILES string of the molecule is COc1ccc(C(=O)OC2C3CC(C4CCCC43)C2OC(=O)c2ccc(C)cc2)cc1. The summed E-state index contributed by atoms with van der Waals surface area (Å²) >= 11 is 0. The summed E-state index contributed by atoms with van der Waals surface area (Å²) in [7, 11) is 1.59. The fourth-order valence-electron chi connectivity index (χ4n) is 6.10. The Morgan fingerprint density at radius 1 is 0.742 bits per heavy atom. The van der Waals surface area contributed by atoms with Crippen LogP contribution in [-0.2, 0) is 9.47 Å². The molecule has 0 radical (unpaired) electrons. The van der Waals surface area contributed by atoms with Gasteiger partial charge in [-0.3, -0.25) is 0 Å². The summed E-state index contributed by atoms with van der Waals surface area (Å²) in [4.78, 5) is 25.8. The minimum absolute atomic E-state index is 0.274. The summed E-state index contributed by atoms with van der Waals surface area (Å²) in [6, 6.07) is 14.3. The van der Waals surface area contributed by atoms with Crippen molar-refractivity contribution in [2.45, 2.75) is 44.8 Å². The van der Waals surface area contributed by atoms with Crippen LogP contribution in [0.3, 0.4) is 0 Å². The molecule has 2 aromatic carbocycles. The standard InChI is InChI=1S/C26H28O5/c1-15-6-8-16(9-7-15)25(27)30-23-21-14-22(20-5-3-4-19(20)21)24(23)31-26(28)17-10-12-18(29-2)13-11-17/h6-13,19-24H,3-5,14H2,1-2H3. The van der Waals surface area contributed by atoms with Crippen molar-refractivity contribution in [1.82, 2.24) is 0 Å². The zero-order chi connectivity index (χ0) is 21.5. The maximum atomic E-state index is 12.9. The summed E-state index contributed by atoms with van der Waals surface area (Å²) < 4.78 is 17.2. The minimum atomic E-state index is -0.381. The van der Waals surface area contributed by atoms with Gasteiger partial charge in [-0.05, 0) is 74.4 Å². The molecular formula is C26H28O5. The number of ether oxygens (including phenoxy) is 3. The van der Waals surface area contributed by atoms with E-state index in [9.17, 15) is 9.59 Å². The van der Waals surface area contributed by atoms with Crippen molar-refractivity contribution in [3.63, 3.8) is 0 Å². The summed E-state index contributed by atoms with van der Waals surface area (Å²) in [5.41, 5.74) is 2.11. The number of esters is 2. The van der Waals surface area contributed by atoms with Gasteiger partial charge in [-0.15, -0.1) is 0 Å². The van der Waals surface area contributed by atoms with Crippen LogP contribution in [-0.4, -0.2) is 31.3 Å². The van der Waals surface area contributed by atoms with E-state index >= 15 is 0 Å². The van der Waals surface area contributed by atoms with E-state index in [1.165, 1.54) is 19.3 Å². The Morgan fingerprint density at radius 2 is 1.23 bits per heavy atom. The van der Waals surface area contributed by atoms with Gasteiger partial charge >= 0.3 is 11.9 Å². The molecule has 3 saturated carbocycles. The predicted molar refractivity (Wildman–Crippen MR) is 115 cm³/mol. The van der Waals surface area contributed by atoms with Crippen LogP contribution in [0.25, 0.3) is 0 Å². The van der Waals surface area contributed by atoms with Crippen molar-refractivity contribution in [2.75, 3.05) is 7.11 Å². The van der Waals surface area contributed by atoms with Gasteiger partial charge in [-0.25, -0.2) is 9.59 Å². The third-order valence-corrected chi connectivity index (χ3v) is 7.54. The highest BCUT2D eigenvalue weighted by Crippen LogP contribution is 2.60. The number of hydrogen-bond donors (Lipinski definition) is 0. The predicted octanol–water partition coefficient (Wildman–Crippen LogP) is 4.82. The smallest absolute Gasteiger partial charge is 0.338 e. The van der Waals surface area contributed by atoms with Crippen LogP contribution in [0.15, 0.2) is 48.5 Å². The average molecular weight is 421 g/mol. The Kier molecular flexibility index (Phi) is 5.20. The number of rotatable bonds is 5.